The Bertz CT molecular complexity index is 160. The summed E-state index contributed by atoms with van der Waals surface area (Å²) < 4.78 is 0.301. The highest BCUT2D eigenvalue weighted by molar-refractivity contribution is 7.82. The number of hydrogen-bond acceptors (Lipinski definition) is 2. The first-order valence-corrected chi connectivity index (χ1v) is 3.27. The first kappa shape index (κ1) is 4.69. The van der Waals surface area contributed by atoms with Gasteiger partial charge in [-0.05, 0) is 19.3 Å². The van der Waals surface area contributed by atoms with Crippen molar-refractivity contribution in [2.75, 3.05) is 0 Å². The van der Waals surface area contributed by atoms with Crippen LogP contribution in [0.3, 0.4) is 0 Å². The zero-order valence-corrected chi connectivity index (χ0v) is 5.41. The van der Waals surface area contributed by atoms with Crippen LogP contribution in [0.4, 0.5) is 0 Å². The van der Waals surface area contributed by atoms with Gasteiger partial charge in [-0.25, -0.2) is 0 Å². The lowest BCUT2D eigenvalue weighted by Gasteiger charge is -2.64. The van der Waals surface area contributed by atoms with Crippen LogP contribution >= 0.6 is 12.6 Å². The minimum Gasteiger partial charge on any atom is -0.198 e. The molecule has 8 heavy (non-hydrogen) atoms. The van der Waals surface area contributed by atoms with Crippen molar-refractivity contribution in [3.63, 3.8) is 0 Å². The summed E-state index contributed by atoms with van der Waals surface area (Å²) >= 11 is 4.36. The van der Waals surface area contributed by atoms with Gasteiger partial charge in [0.25, 0.3) is 0 Å². The van der Waals surface area contributed by atoms with E-state index in [2.05, 4.69) is 18.7 Å². The van der Waals surface area contributed by atoms with Crippen LogP contribution < -0.4 is 0 Å². The Hall–Kier alpha value is -0.160. The maximum atomic E-state index is 8.51. The van der Waals surface area contributed by atoms with Gasteiger partial charge in [-0.2, -0.15) is 17.9 Å². The fourth-order valence-electron chi connectivity index (χ4n) is 1.85. The van der Waals surface area contributed by atoms with Gasteiger partial charge in [-0.15, -0.1) is 0 Å². The normalized spacial score (nSPS) is 58.0. The number of nitriles is 1. The van der Waals surface area contributed by atoms with Crippen molar-refractivity contribution in [1.82, 2.24) is 0 Å². The molecule has 42 valence electrons. The summed E-state index contributed by atoms with van der Waals surface area (Å²) in [6, 6.07) is 2.32. The third kappa shape index (κ3) is 0.315. The number of thiol groups is 1. The third-order valence-electron chi connectivity index (χ3n) is 2.24. The SMILES string of the molecule is N#CC12CC(S)(C1)C2. The summed E-state index contributed by atoms with van der Waals surface area (Å²) in [5.74, 6) is 0. The van der Waals surface area contributed by atoms with Gasteiger partial charge in [-0.3, -0.25) is 0 Å². The van der Waals surface area contributed by atoms with E-state index in [-0.39, 0.29) is 5.41 Å². The predicted molar refractivity (Wildman–Crippen MR) is 33.6 cm³/mol. The van der Waals surface area contributed by atoms with Gasteiger partial charge in [0.05, 0.1) is 11.5 Å². The van der Waals surface area contributed by atoms with Crippen LogP contribution in [0, 0.1) is 16.7 Å². The van der Waals surface area contributed by atoms with Crippen molar-refractivity contribution in [2.45, 2.75) is 24.0 Å². The Morgan fingerprint density at radius 2 is 1.88 bits per heavy atom. The molecule has 0 atom stereocenters. The molecule has 0 saturated heterocycles. The summed E-state index contributed by atoms with van der Waals surface area (Å²) in [6.45, 7) is 0. The van der Waals surface area contributed by atoms with Crippen molar-refractivity contribution in [1.29, 1.82) is 5.26 Å². The highest BCUT2D eigenvalue weighted by Gasteiger charge is 2.66. The average Bonchev–Trinajstić information content (AvgIpc) is 1.55. The molecule has 3 aliphatic rings. The summed E-state index contributed by atoms with van der Waals surface area (Å²) in [5, 5.41) is 8.51. The van der Waals surface area contributed by atoms with E-state index >= 15 is 0 Å². The van der Waals surface area contributed by atoms with Crippen LogP contribution in [0.1, 0.15) is 19.3 Å². The van der Waals surface area contributed by atoms with E-state index in [1.54, 1.807) is 0 Å². The molecule has 3 aliphatic carbocycles. The quantitative estimate of drug-likeness (QED) is 0.485. The van der Waals surface area contributed by atoms with Gasteiger partial charge in [0, 0.05) is 4.75 Å². The molecular weight excluding hydrogens is 118 g/mol. The number of rotatable bonds is 0. The smallest absolute Gasteiger partial charge is 0.0691 e. The molecule has 0 aromatic carbocycles. The third-order valence-corrected chi connectivity index (χ3v) is 2.71. The summed E-state index contributed by atoms with van der Waals surface area (Å²) in [6.07, 6.45) is 3.12. The van der Waals surface area contributed by atoms with Crippen molar-refractivity contribution in [3.05, 3.63) is 0 Å². The minimum atomic E-state index is 0.0990. The maximum Gasteiger partial charge on any atom is 0.0691 e. The molecule has 3 rings (SSSR count). The second-order valence-electron chi connectivity index (χ2n) is 3.15. The van der Waals surface area contributed by atoms with E-state index in [1.165, 1.54) is 0 Å². The minimum absolute atomic E-state index is 0.0990. The molecule has 2 heteroatoms. The van der Waals surface area contributed by atoms with Crippen molar-refractivity contribution < 1.29 is 0 Å². The van der Waals surface area contributed by atoms with Crippen LogP contribution in [0.2, 0.25) is 0 Å². The molecule has 3 saturated carbocycles. The Labute approximate surface area is 54.1 Å². The summed E-state index contributed by atoms with van der Waals surface area (Å²) in [7, 11) is 0. The topological polar surface area (TPSA) is 23.8 Å². The molecule has 0 N–H and O–H groups in total. The molecule has 0 radical (unpaired) electrons. The summed E-state index contributed by atoms with van der Waals surface area (Å²) in [5.41, 5.74) is 0.0990. The van der Waals surface area contributed by atoms with E-state index < -0.39 is 0 Å². The lowest BCUT2D eigenvalue weighted by molar-refractivity contribution is -0.0163. The highest BCUT2D eigenvalue weighted by Crippen LogP contribution is 2.70. The molecule has 1 nitrogen and oxygen atoms in total. The largest absolute Gasteiger partial charge is 0.198 e. The Kier molecular flexibility index (Phi) is 0.546. The van der Waals surface area contributed by atoms with E-state index in [9.17, 15) is 0 Å². The Balaban J connectivity index is 2.17. The maximum absolute atomic E-state index is 8.51. The van der Waals surface area contributed by atoms with E-state index in [4.69, 9.17) is 5.26 Å². The second kappa shape index (κ2) is 0.930. The van der Waals surface area contributed by atoms with Gasteiger partial charge in [0.15, 0.2) is 0 Å². The van der Waals surface area contributed by atoms with Crippen LogP contribution in [-0.4, -0.2) is 4.75 Å². The molecule has 0 unspecified atom stereocenters. The molecule has 0 spiro atoms. The second-order valence-corrected chi connectivity index (χ2v) is 4.10. The highest BCUT2D eigenvalue weighted by atomic mass is 32.1. The van der Waals surface area contributed by atoms with Gasteiger partial charge < -0.3 is 0 Å². The fraction of sp³-hybridized carbons (Fsp3) is 0.833. The van der Waals surface area contributed by atoms with Gasteiger partial charge >= 0.3 is 0 Å². The first-order valence-electron chi connectivity index (χ1n) is 2.82. The fourth-order valence-corrected chi connectivity index (χ4v) is 2.76. The van der Waals surface area contributed by atoms with Crippen LogP contribution in [-0.2, 0) is 0 Å². The molecule has 3 fully saturated rings. The zero-order valence-electron chi connectivity index (χ0n) is 4.52. The lowest BCUT2D eigenvalue weighted by atomic mass is 9.44. The van der Waals surface area contributed by atoms with E-state index in [0.29, 0.717) is 4.75 Å². The molecule has 0 aromatic heterocycles. The van der Waals surface area contributed by atoms with Crippen LogP contribution in [0.15, 0.2) is 0 Å². The van der Waals surface area contributed by atoms with E-state index in [0.717, 1.165) is 19.3 Å². The monoisotopic (exact) mass is 125 g/mol. The van der Waals surface area contributed by atoms with Crippen LogP contribution in [0.5, 0.6) is 0 Å². The molecule has 2 bridgehead atoms. The molecule has 0 aromatic rings. The van der Waals surface area contributed by atoms with Gasteiger partial charge in [0.1, 0.15) is 0 Å². The van der Waals surface area contributed by atoms with Gasteiger partial charge in [-0.1, -0.05) is 0 Å². The van der Waals surface area contributed by atoms with Crippen molar-refractivity contribution in [2.24, 2.45) is 5.41 Å². The lowest BCUT2D eigenvalue weighted by Crippen LogP contribution is -2.62. The first-order chi connectivity index (χ1) is 3.68. The Morgan fingerprint density at radius 1 is 1.38 bits per heavy atom. The van der Waals surface area contributed by atoms with Gasteiger partial charge in [0.2, 0.25) is 0 Å². The van der Waals surface area contributed by atoms with Crippen LogP contribution in [0.25, 0.3) is 0 Å². The molecule has 0 heterocycles. The van der Waals surface area contributed by atoms with Crippen molar-refractivity contribution in [3.8, 4) is 6.07 Å². The predicted octanol–water partition coefficient (Wildman–Crippen LogP) is 1.36. The summed E-state index contributed by atoms with van der Waals surface area (Å²) in [4.78, 5) is 0. The van der Waals surface area contributed by atoms with E-state index in [1.807, 2.05) is 0 Å². The zero-order chi connectivity index (χ0) is 5.83. The van der Waals surface area contributed by atoms with Crippen molar-refractivity contribution >= 4 is 12.6 Å². The standard InChI is InChI=1S/C6H7NS/c7-4-5-1-6(8,2-5)3-5/h8H,1-3H2. The average molecular weight is 125 g/mol. The molecule has 0 amide bonds. The number of nitrogens with zero attached hydrogens (tertiary/aromatic N) is 1. The number of hydrogen-bond donors (Lipinski definition) is 1. The molecular formula is C6H7NS. The molecule has 0 aliphatic heterocycles. The Morgan fingerprint density at radius 3 is 2.00 bits per heavy atom.